The van der Waals surface area contributed by atoms with Crippen LogP contribution in [0.25, 0.3) is 5.65 Å². The number of benzene rings is 2. The molecule has 10 heteroatoms. The highest BCUT2D eigenvalue weighted by molar-refractivity contribution is 6.32. The highest BCUT2D eigenvalue weighted by atomic mass is 35.5. The van der Waals surface area contributed by atoms with E-state index >= 15 is 0 Å². The van der Waals surface area contributed by atoms with Gasteiger partial charge in [0.25, 0.3) is 5.56 Å². The maximum absolute atomic E-state index is 12.5. The number of pyridine rings is 1. The molecule has 2 aromatic carbocycles. The van der Waals surface area contributed by atoms with Crippen LogP contribution in [-0.2, 0) is 6.61 Å². The normalized spacial score (nSPS) is 10.6. The van der Waals surface area contributed by atoms with Gasteiger partial charge in [0.15, 0.2) is 0 Å². The Balaban J connectivity index is 1.38. The van der Waals surface area contributed by atoms with Crippen molar-refractivity contribution in [3.63, 3.8) is 0 Å². The molecule has 0 fully saturated rings. The minimum absolute atomic E-state index is 0.130. The number of aryl methyl sites for hydroxylation is 1. The van der Waals surface area contributed by atoms with Crippen molar-refractivity contribution in [1.82, 2.24) is 9.38 Å². The van der Waals surface area contributed by atoms with Crippen molar-refractivity contribution in [2.24, 2.45) is 0 Å². The van der Waals surface area contributed by atoms with E-state index < -0.39 is 6.03 Å². The largest absolute Gasteiger partial charge is 0.495 e. The number of carbonyl (C=O) groups is 1. The molecule has 0 bridgehead atoms. The Morgan fingerprint density at radius 1 is 1.00 bits per heavy atom. The molecule has 180 valence electrons. The van der Waals surface area contributed by atoms with E-state index in [0.29, 0.717) is 45.0 Å². The number of fused-ring (bicyclic) bond motifs is 1. The number of methoxy groups -OCH3 is 2. The molecule has 0 aliphatic carbocycles. The van der Waals surface area contributed by atoms with E-state index in [-0.39, 0.29) is 12.2 Å². The van der Waals surface area contributed by atoms with Crippen molar-refractivity contribution in [2.45, 2.75) is 13.5 Å². The Labute approximate surface area is 206 Å². The lowest BCUT2D eigenvalue weighted by Gasteiger charge is -2.14. The number of carbonyl (C=O) groups excluding carboxylic acids is 1. The number of ether oxygens (including phenoxy) is 3. The molecule has 0 radical (unpaired) electrons. The number of hydrogen-bond acceptors (Lipinski definition) is 6. The van der Waals surface area contributed by atoms with Gasteiger partial charge in [-0.2, -0.15) is 0 Å². The van der Waals surface area contributed by atoms with E-state index in [9.17, 15) is 9.59 Å². The predicted octanol–water partition coefficient (Wildman–Crippen LogP) is 4.90. The van der Waals surface area contributed by atoms with Crippen LogP contribution >= 0.6 is 11.6 Å². The van der Waals surface area contributed by atoms with Crippen molar-refractivity contribution in [1.29, 1.82) is 0 Å². The molecule has 2 N–H and O–H groups in total. The fourth-order valence-electron chi connectivity index (χ4n) is 3.36. The number of rotatable bonds is 7. The highest BCUT2D eigenvalue weighted by Gasteiger charge is 2.13. The zero-order valence-electron chi connectivity index (χ0n) is 19.3. The molecular weight excluding hydrogens is 472 g/mol. The van der Waals surface area contributed by atoms with Crippen molar-refractivity contribution in [3.8, 4) is 17.2 Å². The molecule has 0 atom stereocenters. The first-order chi connectivity index (χ1) is 16.9. The fourth-order valence-corrected chi connectivity index (χ4v) is 3.60. The fraction of sp³-hybridized carbons (Fsp3) is 0.160. The second-order valence-electron chi connectivity index (χ2n) is 7.60. The maximum Gasteiger partial charge on any atom is 0.323 e. The zero-order valence-corrected chi connectivity index (χ0v) is 20.1. The van der Waals surface area contributed by atoms with E-state index in [1.54, 1.807) is 42.6 Å². The molecule has 4 aromatic rings. The molecule has 0 spiro atoms. The lowest BCUT2D eigenvalue weighted by molar-refractivity contribution is 0.262. The standard InChI is InChI=1S/C25H23ClN4O5/c1-15-8-9-30-23(10-15)27-17(11-24(30)31)14-35-18-6-4-16(5-7-18)28-25(32)29-20-12-19(26)21(33-2)13-22(20)34-3/h4-13H,14H2,1-3H3,(H2,28,29,32). The van der Waals surface area contributed by atoms with Gasteiger partial charge in [0.1, 0.15) is 29.5 Å². The number of anilines is 2. The number of amides is 2. The average Bonchev–Trinajstić information content (AvgIpc) is 2.83. The molecule has 0 saturated carbocycles. The lowest BCUT2D eigenvalue weighted by Crippen LogP contribution is -2.19. The van der Waals surface area contributed by atoms with Crippen LogP contribution in [0.4, 0.5) is 16.2 Å². The molecule has 35 heavy (non-hydrogen) atoms. The molecular formula is C25H23ClN4O5. The highest BCUT2D eigenvalue weighted by Crippen LogP contribution is 2.36. The van der Waals surface area contributed by atoms with Crippen LogP contribution in [0, 0.1) is 6.92 Å². The van der Waals surface area contributed by atoms with E-state index in [4.69, 9.17) is 25.8 Å². The van der Waals surface area contributed by atoms with Crippen LogP contribution in [0.1, 0.15) is 11.3 Å². The Hall–Kier alpha value is -4.24. The molecule has 4 rings (SSSR count). The zero-order chi connectivity index (χ0) is 24.9. The van der Waals surface area contributed by atoms with Gasteiger partial charge < -0.3 is 24.8 Å². The number of nitrogens with zero attached hydrogens (tertiary/aromatic N) is 2. The van der Waals surface area contributed by atoms with Crippen LogP contribution in [0.3, 0.4) is 0 Å². The van der Waals surface area contributed by atoms with Gasteiger partial charge >= 0.3 is 6.03 Å². The summed E-state index contributed by atoms with van der Waals surface area (Å²) in [6, 6.07) is 14.6. The number of aromatic nitrogens is 2. The summed E-state index contributed by atoms with van der Waals surface area (Å²) in [6.07, 6.45) is 1.70. The molecule has 0 aliphatic heterocycles. The molecule has 0 saturated heterocycles. The first kappa shape index (κ1) is 23.9. The molecule has 0 unspecified atom stereocenters. The summed E-state index contributed by atoms with van der Waals surface area (Å²) in [5, 5.41) is 5.77. The van der Waals surface area contributed by atoms with Gasteiger partial charge in [0.2, 0.25) is 0 Å². The SMILES string of the molecule is COc1cc(OC)c(NC(=O)Nc2ccc(OCc3cc(=O)n4ccc(C)cc4n3)cc2)cc1Cl. The minimum atomic E-state index is -0.477. The minimum Gasteiger partial charge on any atom is -0.495 e. The van der Waals surface area contributed by atoms with E-state index in [0.717, 1.165) is 5.56 Å². The number of urea groups is 1. The Bertz CT molecular complexity index is 1440. The topological polar surface area (TPSA) is 103 Å². The summed E-state index contributed by atoms with van der Waals surface area (Å²) >= 11 is 6.15. The third-order valence-corrected chi connectivity index (χ3v) is 5.39. The molecule has 2 heterocycles. The van der Waals surface area contributed by atoms with E-state index in [2.05, 4.69) is 15.6 Å². The van der Waals surface area contributed by atoms with Crippen molar-refractivity contribution in [3.05, 3.63) is 87.4 Å². The summed E-state index contributed by atoms with van der Waals surface area (Å²) in [5.74, 6) is 1.40. The lowest BCUT2D eigenvalue weighted by atomic mass is 10.2. The summed E-state index contributed by atoms with van der Waals surface area (Å²) < 4.78 is 17.7. The van der Waals surface area contributed by atoms with Gasteiger partial charge in [0.05, 0.1) is 30.6 Å². The van der Waals surface area contributed by atoms with Gasteiger partial charge in [-0.15, -0.1) is 0 Å². The van der Waals surface area contributed by atoms with Gasteiger partial charge in [-0.25, -0.2) is 9.78 Å². The van der Waals surface area contributed by atoms with Crippen LogP contribution in [-0.4, -0.2) is 29.6 Å². The average molecular weight is 495 g/mol. The summed E-state index contributed by atoms with van der Waals surface area (Å²) in [7, 11) is 2.98. The second-order valence-corrected chi connectivity index (χ2v) is 8.00. The first-order valence-electron chi connectivity index (χ1n) is 10.6. The smallest absolute Gasteiger partial charge is 0.323 e. The van der Waals surface area contributed by atoms with Crippen LogP contribution in [0.2, 0.25) is 5.02 Å². The van der Waals surface area contributed by atoms with Gasteiger partial charge in [0, 0.05) is 24.0 Å². The van der Waals surface area contributed by atoms with Crippen LogP contribution < -0.4 is 30.4 Å². The summed E-state index contributed by atoms with van der Waals surface area (Å²) in [6.45, 7) is 2.07. The maximum atomic E-state index is 12.5. The number of halogens is 1. The quantitative estimate of drug-likeness (QED) is 0.379. The van der Waals surface area contributed by atoms with E-state index in [1.807, 2.05) is 19.1 Å². The molecule has 2 aromatic heterocycles. The monoisotopic (exact) mass is 494 g/mol. The van der Waals surface area contributed by atoms with Gasteiger partial charge in [-0.05, 0) is 55.0 Å². The summed E-state index contributed by atoms with van der Waals surface area (Å²) in [5.41, 5.74) is 2.87. The number of nitrogens with one attached hydrogen (secondary N) is 2. The Morgan fingerprint density at radius 3 is 2.46 bits per heavy atom. The van der Waals surface area contributed by atoms with Gasteiger partial charge in [-0.1, -0.05) is 11.6 Å². The molecule has 2 amide bonds. The second kappa shape index (κ2) is 10.4. The third-order valence-electron chi connectivity index (χ3n) is 5.10. The summed E-state index contributed by atoms with van der Waals surface area (Å²) in [4.78, 5) is 29.2. The van der Waals surface area contributed by atoms with Crippen LogP contribution in [0.15, 0.2) is 65.6 Å². The molecule has 0 aliphatic rings. The van der Waals surface area contributed by atoms with Crippen molar-refractivity contribution >= 4 is 34.7 Å². The van der Waals surface area contributed by atoms with E-state index in [1.165, 1.54) is 24.7 Å². The Morgan fingerprint density at radius 2 is 1.74 bits per heavy atom. The van der Waals surface area contributed by atoms with Crippen molar-refractivity contribution < 1.29 is 19.0 Å². The third kappa shape index (κ3) is 5.64. The predicted molar refractivity (Wildman–Crippen MR) is 134 cm³/mol. The Kier molecular flexibility index (Phi) is 7.07. The van der Waals surface area contributed by atoms with Crippen LogP contribution in [0.5, 0.6) is 17.2 Å². The number of hydrogen-bond donors (Lipinski definition) is 2. The van der Waals surface area contributed by atoms with Crippen molar-refractivity contribution in [2.75, 3.05) is 24.9 Å². The molecule has 9 nitrogen and oxygen atoms in total. The first-order valence-corrected chi connectivity index (χ1v) is 11.0. The van der Waals surface area contributed by atoms with Gasteiger partial charge in [-0.3, -0.25) is 9.20 Å².